The Balaban J connectivity index is 1.52. The molecule has 280 valence electrons. The lowest BCUT2D eigenvalue weighted by Gasteiger charge is -2.24. The zero-order valence-electron chi connectivity index (χ0n) is 32.3. The summed E-state index contributed by atoms with van der Waals surface area (Å²) in [6.45, 7) is 7.31. The Kier molecular flexibility index (Phi) is 9.01. The van der Waals surface area contributed by atoms with Crippen LogP contribution in [-0.2, 0) is 4.79 Å². The number of H-pyrrole nitrogens is 2. The minimum absolute atomic E-state index is 0.286. The summed E-state index contributed by atoms with van der Waals surface area (Å²) in [6.07, 6.45) is 7.88. The smallest absolute Gasteiger partial charge is 0.308 e. The van der Waals surface area contributed by atoms with Crippen LogP contribution < -0.4 is 14.2 Å². The third kappa shape index (κ3) is 6.45. The van der Waals surface area contributed by atoms with Gasteiger partial charge in [0.15, 0.2) is 11.5 Å². The number of nitrogens with zero attached hydrogens (tertiary/aromatic N) is 2. The van der Waals surface area contributed by atoms with Crippen molar-refractivity contribution < 1.29 is 19.0 Å². The van der Waals surface area contributed by atoms with Gasteiger partial charge in [0.2, 0.25) is 0 Å². The van der Waals surface area contributed by atoms with Gasteiger partial charge in [0.25, 0.3) is 0 Å². The largest absolute Gasteiger partial charge is 0.495 e. The summed E-state index contributed by atoms with van der Waals surface area (Å²) in [5.74, 6) is 0.818. The first-order chi connectivity index (χ1) is 27.8. The second kappa shape index (κ2) is 14.5. The summed E-state index contributed by atoms with van der Waals surface area (Å²) in [6, 6.07) is 36.8. The predicted octanol–water partition coefficient (Wildman–Crippen LogP) is 11.8. The number of carbonyl (C=O) groups excluding carboxylic acids is 1. The van der Waals surface area contributed by atoms with Crippen LogP contribution in [0, 0.1) is 6.92 Å². The number of benzene rings is 4. The van der Waals surface area contributed by atoms with Gasteiger partial charge in [-0.2, -0.15) is 0 Å². The Morgan fingerprint density at radius 2 is 1.21 bits per heavy atom. The third-order valence-electron chi connectivity index (χ3n) is 10.2. The van der Waals surface area contributed by atoms with Crippen LogP contribution in [0.2, 0.25) is 0 Å². The van der Waals surface area contributed by atoms with Crippen molar-refractivity contribution in [2.24, 2.45) is 0 Å². The molecule has 2 aliphatic rings. The second-order valence-electron chi connectivity index (χ2n) is 14.4. The molecule has 8 heteroatoms. The highest BCUT2D eigenvalue weighted by atomic mass is 16.6. The quantitative estimate of drug-likeness (QED) is 0.124. The molecule has 8 nitrogen and oxygen atoms in total. The van der Waals surface area contributed by atoms with E-state index in [2.05, 4.69) is 70.6 Å². The molecule has 3 aromatic heterocycles. The minimum atomic E-state index is -0.462. The summed E-state index contributed by atoms with van der Waals surface area (Å²) in [5.41, 5.74) is 12.7. The zero-order valence-corrected chi connectivity index (χ0v) is 32.3. The number of esters is 1. The van der Waals surface area contributed by atoms with Crippen LogP contribution in [0.3, 0.4) is 0 Å². The molecule has 0 saturated carbocycles. The number of carbonyl (C=O) groups is 1. The van der Waals surface area contributed by atoms with Crippen molar-refractivity contribution in [3.63, 3.8) is 0 Å². The molecular formula is C49H40N4O4. The number of hydrogen-bond acceptors (Lipinski definition) is 6. The Morgan fingerprint density at radius 1 is 0.614 bits per heavy atom. The molecule has 0 aliphatic carbocycles. The normalized spacial score (nSPS) is 12.0. The number of hydrogen-bond donors (Lipinski definition) is 2. The van der Waals surface area contributed by atoms with E-state index >= 15 is 0 Å². The standard InChI is InChI=1S/C49H40N4O4/c1-28(2)56-49-46(47(55-5)35-18-12-13-29(3)42(35)48(49)57-30(4)54)45-40-25-23-38(52-40)43(31-14-8-6-9-15-31)36-21-19-33(50-36)27-34-20-22-37(51-34)44(32-16-10-7-11-17-32)39-24-26-41(45)53-39/h6-28,50,53H,1-5H3. The molecule has 2 aliphatic heterocycles. The number of nitrogens with one attached hydrogen (secondary N) is 2. The van der Waals surface area contributed by atoms with Crippen molar-refractivity contribution in [3.8, 4) is 50.6 Å². The van der Waals surface area contributed by atoms with Gasteiger partial charge in [-0.15, -0.1) is 0 Å². The van der Waals surface area contributed by atoms with Crippen molar-refractivity contribution >= 4 is 63.1 Å². The van der Waals surface area contributed by atoms with E-state index in [0.29, 0.717) is 34.1 Å². The van der Waals surface area contributed by atoms with E-state index in [0.717, 1.165) is 77.7 Å². The molecule has 57 heavy (non-hydrogen) atoms. The Labute approximate surface area is 330 Å². The molecule has 9 rings (SSSR count). The SMILES string of the molecule is COc1c(-c2c3nc(c(-c4ccccc4)c4ccc(cc5nc(c(-c6ccccc6)c6ccc2[nH]6)C=C5)[nH]4)C=C3)c(OC(C)C)c(OC(C)=O)c2c(C)cccc12. The van der Waals surface area contributed by atoms with Crippen LogP contribution in [0.5, 0.6) is 17.2 Å². The summed E-state index contributed by atoms with van der Waals surface area (Å²) < 4.78 is 19.3. The maximum Gasteiger partial charge on any atom is 0.308 e. The van der Waals surface area contributed by atoms with Crippen molar-refractivity contribution in [2.75, 3.05) is 7.11 Å². The first-order valence-corrected chi connectivity index (χ1v) is 19.0. The van der Waals surface area contributed by atoms with Gasteiger partial charge in [-0.05, 0) is 92.1 Å². The topological polar surface area (TPSA) is 102 Å². The molecule has 0 radical (unpaired) electrons. The number of methoxy groups -OCH3 is 1. The summed E-state index contributed by atoms with van der Waals surface area (Å²) in [5, 5.41) is 1.51. The molecule has 0 amide bonds. The first kappa shape index (κ1) is 35.5. The third-order valence-corrected chi connectivity index (χ3v) is 10.2. The minimum Gasteiger partial charge on any atom is -0.495 e. The van der Waals surface area contributed by atoms with E-state index in [1.165, 1.54) is 6.92 Å². The number of aromatic nitrogens is 4. The number of rotatable bonds is 7. The molecule has 4 aromatic carbocycles. The summed E-state index contributed by atoms with van der Waals surface area (Å²) >= 11 is 0. The number of aromatic amines is 2. The second-order valence-corrected chi connectivity index (χ2v) is 14.4. The van der Waals surface area contributed by atoms with Crippen LogP contribution in [0.25, 0.3) is 90.5 Å². The number of aryl methyl sites for hydroxylation is 1. The van der Waals surface area contributed by atoms with Gasteiger partial charge in [-0.1, -0.05) is 78.9 Å². The lowest BCUT2D eigenvalue weighted by atomic mass is 9.94. The van der Waals surface area contributed by atoms with Gasteiger partial charge in [-0.25, -0.2) is 9.97 Å². The monoisotopic (exact) mass is 748 g/mol. The molecule has 7 aromatic rings. The molecule has 0 atom stereocenters. The summed E-state index contributed by atoms with van der Waals surface area (Å²) in [4.78, 5) is 30.9. The summed E-state index contributed by atoms with van der Waals surface area (Å²) in [7, 11) is 1.66. The van der Waals surface area contributed by atoms with Crippen LogP contribution in [0.15, 0.2) is 109 Å². The van der Waals surface area contributed by atoms with Gasteiger partial charge in [0, 0.05) is 56.5 Å². The fourth-order valence-electron chi connectivity index (χ4n) is 7.87. The number of fused-ring (bicyclic) bond motifs is 9. The van der Waals surface area contributed by atoms with Gasteiger partial charge in [0.1, 0.15) is 5.75 Å². The van der Waals surface area contributed by atoms with Crippen molar-refractivity contribution in [2.45, 2.75) is 33.8 Å². The molecule has 0 fully saturated rings. The van der Waals surface area contributed by atoms with Gasteiger partial charge >= 0.3 is 5.97 Å². The lowest BCUT2D eigenvalue weighted by Crippen LogP contribution is -2.12. The fraction of sp³-hybridized carbons (Fsp3) is 0.122. The van der Waals surface area contributed by atoms with E-state index in [1.54, 1.807) is 7.11 Å². The maximum atomic E-state index is 12.9. The van der Waals surface area contributed by atoms with Crippen LogP contribution in [-0.4, -0.2) is 39.1 Å². The first-order valence-electron chi connectivity index (χ1n) is 19.0. The van der Waals surface area contributed by atoms with Crippen molar-refractivity contribution in [1.29, 1.82) is 0 Å². The highest BCUT2D eigenvalue weighted by Gasteiger charge is 2.30. The highest BCUT2D eigenvalue weighted by molar-refractivity contribution is 6.09. The molecule has 0 saturated heterocycles. The van der Waals surface area contributed by atoms with Gasteiger partial charge in [0.05, 0.1) is 41.6 Å². The highest BCUT2D eigenvalue weighted by Crippen LogP contribution is 2.54. The maximum absolute atomic E-state index is 12.9. The van der Waals surface area contributed by atoms with Crippen molar-refractivity contribution in [3.05, 3.63) is 138 Å². The fourth-order valence-corrected chi connectivity index (χ4v) is 7.87. The molecular weight excluding hydrogens is 709 g/mol. The van der Waals surface area contributed by atoms with Crippen LogP contribution in [0.4, 0.5) is 0 Å². The van der Waals surface area contributed by atoms with Crippen LogP contribution in [0.1, 0.15) is 49.1 Å². The molecule has 5 heterocycles. The van der Waals surface area contributed by atoms with E-state index in [-0.39, 0.29) is 6.10 Å². The zero-order chi connectivity index (χ0) is 39.2. The van der Waals surface area contributed by atoms with Crippen LogP contribution >= 0.6 is 0 Å². The Morgan fingerprint density at radius 3 is 1.86 bits per heavy atom. The van der Waals surface area contributed by atoms with E-state index in [4.69, 9.17) is 24.2 Å². The van der Waals surface area contributed by atoms with E-state index in [9.17, 15) is 4.79 Å². The average Bonchev–Trinajstić information content (AvgIpc) is 4.04. The van der Waals surface area contributed by atoms with E-state index < -0.39 is 5.97 Å². The molecule has 2 N–H and O–H groups in total. The Bertz CT molecular complexity index is 2920. The predicted molar refractivity (Wildman–Crippen MR) is 231 cm³/mol. The van der Waals surface area contributed by atoms with Crippen molar-refractivity contribution in [1.82, 2.24) is 19.9 Å². The van der Waals surface area contributed by atoms with E-state index in [1.807, 2.05) is 93.6 Å². The molecule has 0 unspecified atom stereocenters. The Hall–Kier alpha value is -7.19. The molecule has 0 spiro atoms. The molecule has 8 bridgehead atoms. The van der Waals surface area contributed by atoms with Gasteiger partial charge in [-0.3, -0.25) is 4.79 Å². The average molecular weight is 749 g/mol. The van der Waals surface area contributed by atoms with Gasteiger partial charge < -0.3 is 24.2 Å². The lowest BCUT2D eigenvalue weighted by molar-refractivity contribution is -0.131. The number of ether oxygens (including phenoxy) is 3.